The molecule has 0 aliphatic heterocycles. The smallest absolute Gasteiger partial charge is 0.0979 e. The van der Waals surface area contributed by atoms with Crippen LogP contribution in [0.15, 0.2) is 200 Å². The van der Waals surface area contributed by atoms with Gasteiger partial charge in [0.2, 0.25) is 0 Å². The molecule has 0 saturated carbocycles. The summed E-state index contributed by atoms with van der Waals surface area (Å²) in [5, 5.41) is 7.05. The first kappa shape index (κ1) is 30.7. The zero-order chi connectivity index (χ0) is 35.1. The minimum absolute atomic E-state index is 0.886. The van der Waals surface area contributed by atoms with Gasteiger partial charge in [-0.25, -0.2) is 9.97 Å². The molecule has 0 spiro atoms. The van der Waals surface area contributed by atoms with E-state index in [1.54, 1.807) is 0 Å². The molecule has 0 aliphatic carbocycles. The fourth-order valence-corrected chi connectivity index (χ4v) is 7.65. The van der Waals surface area contributed by atoms with Crippen LogP contribution in [0, 0.1) is 0 Å². The molecule has 10 rings (SSSR count). The monoisotopic (exact) mass is 675 g/mol. The quantitative estimate of drug-likeness (QED) is 0.164. The van der Waals surface area contributed by atoms with Gasteiger partial charge in [0.05, 0.1) is 28.1 Å². The van der Waals surface area contributed by atoms with Gasteiger partial charge in [0.15, 0.2) is 0 Å². The molecule has 0 bridgehead atoms. The van der Waals surface area contributed by atoms with Gasteiger partial charge in [-0.3, -0.25) is 0 Å². The van der Waals surface area contributed by atoms with Crippen molar-refractivity contribution < 1.29 is 0 Å². The fraction of sp³-hybridized carbons (Fsp3) is 0. The number of para-hydroxylation sites is 1. The van der Waals surface area contributed by atoms with Gasteiger partial charge in [0, 0.05) is 33.3 Å². The summed E-state index contributed by atoms with van der Waals surface area (Å²) >= 11 is 0. The van der Waals surface area contributed by atoms with Crippen LogP contribution in [0.25, 0.3) is 77.0 Å². The number of benzene rings is 9. The van der Waals surface area contributed by atoms with E-state index in [2.05, 4.69) is 193 Å². The van der Waals surface area contributed by atoms with Crippen molar-refractivity contribution in [1.29, 1.82) is 0 Å². The molecule has 0 atom stereocenters. The Kier molecular flexibility index (Phi) is 7.47. The Bertz CT molecular complexity index is 2920. The van der Waals surface area contributed by atoms with E-state index in [0.29, 0.717) is 0 Å². The molecule has 1 heterocycles. The molecule has 53 heavy (non-hydrogen) atoms. The number of aromatic nitrogens is 2. The van der Waals surface area contributed by atoms with Crippen molar-refractivity contribution >= 4 is 60.4 Å². The van der Waals surface area contributed by atoms with Gasteiger partial charge in [0.25, 0.3) is 0 Å². The molecule has 0 saturated heterocycles. The van der Waals surface area contributed by atoms with E-state index in [9.17, 15) is 0 Å². The molecule has 0 fully saturated rings. The van der Waals surface area contributed by atoms with Crippen LogP contribution in [0.1, 0.15) is 0 Å². The Morgan fingerprint density at radius 3 is 1.68 bits per heavy atom. The molecule has 3 nitrogen and oxygen atoms in total. The van der Waals surface area contributed by atoms with E-state index in [-0.39, 0.29) is 0 Å². The van der Waals surface area contributed by atoms with Crippen LogP contribution >= 0.6 is 0 Å². The van der Waals surface area contributed by atoms with Crippen molar-refractivity contribution in [2.24, 2.45) is 0 Å². The molecule has 248 valence electrons. The van der Waals surface area contributed by atoms with Crippen molar-refractivity contribution in [3.05, 3.63) is 200 Å². The molecular weight excluding hydrogens is 643 g/mol. The van der Waals surface area contributed by atoms with E-state index >= 15 is 0 Å². The molecule has 3 heteroatoms. The van der Waals surface area contributed by atoms with E-state index in [4.69, 9.17) is 9.97 Å². The molecule has 0 amide bonds. The van der Waals surface area contributed by atoms with Gasteiger partial charge in [0.1, 0.15) is 0 Å². The minimum atomic E-state index is 0.886. The van der Waals surface area contributed by atoms with E-state index < -0.39 is 0 Å². The van der Waals surface area contributed by atoms with Crippen molar-refractivity contribution in [1.82, 2.24) is 9.97 Å². The number of anilines is 3. The topological polar surface area (TPSA) is 29.0 Å². The molecule has 10 aromatic rings. The van der Waals surface area contributed by atoms with Crippen molar-refractivity contribution in [2.45, 2.75) is 0 Å². The summed E-state index contributed by atoms with van der Waals surface area (Å²) in [6.45, 7) is 0. The largest absolute Gasteiger partial charge is 0.310 e. The third kappa shape index (κ3) is 5.47. The summed E-state index contributed by atoms with van der Waals surface area (Å²) in [7, 11) is 0. The predicted molar refractivity (Wildman–Crippen MR) is 223 cm³/mol. The lowest BCUT2D eigenvalue weighted by atomic mass is 9.96. The third-order valence-corrected chi connectivity index (χ3v) is 10.2. The van der Waals surface area contributed by atoms with Gasteiger partial charge in [-0.2, -0.15) is 0 Å². The second-order valence-corrected chi connectivity index (χ2v) is 13.4. The number of hydrogen-bond donors (Lipinski definition) is 0. The number of rotatable bonds is 6. The van der Waals surface area contributed by atoms with Gasteiger partial charge in [-0.05, 0) is 75.1 Å². The van der Waals surface area contributed by atoms with E-state index in [1.165, 1.54) is 32.7 Å². The summed E-state index contributed by atoms with van der Waals surface area (Å²) < 4.78 is 0. The van der Waals surface area contributed by atoms with Crippen LogP contribution in [0.4, 0.5) is 17.1 Å². The predicted octanol–water partition coefficient (Wildman–Crippen LogP) is 13.6. The normalized spacial score (nSPS) is 11.4. The second kappa shape index (κ2) is 12.9. The first-order valence-electron chi connectivity index (χ1n) is 18.0. The summed E-state index contributed by atoms with van der Waals surface area (Å²) in [4.78, 5) is 13.0. The van der Waals surface area contributed by atoms with Gasteiger partial charge in [-0.1, -0.05) is 158 Å². The standard InChI is InChI=1S/C50H33N3/c1-4-14-37(15-5-1)48-49(38-16-6-2-7-17-38)52-50-45(51-48)32-28-36-23-24-40-33-39(27-31-44(40)47(36)50)34-25-29-42(30-26-34)53(41-19-8-3-9-20-41)46-22-12-18-35-13-10-11-21-43(35)46/h1-33H. The second-order valence-electron chi connectivity index (χ2n) is 13.4. The number of fused-ring (bicyclic) bond motifs is 6. The maximum Gasteiger partial charge on any atom is 0.0979 e. The lowest BCUT2D eigenvalue weighted by Crippen LogP contribution is -2.10. The number of hydrogen-bond acceptors (Lipinski definition) is 3. The Morgan fingerprint density at radius 2 is 0.925 bits per heavy atom. The highest BCUT2D eigenvalue weighted by molar-refractivity contribution is 6.19. The van der Waals surface area contributed by atoms with Crippen LogP contribution in [-0.2, 0) is 0 Å². The van der Waals surface area contributed by atoms with Gasteiger partial charge >= 0.3 is 0 Å². The average molecular weight is 676 g/mol. The van der Waals surface area contributed by atoms with Crippen LogP contribution in [0.3, 0.4) is 0 Å². The van der Waals surface area contributed by atoms with E-state index in [1.807, 2.05) is 12.1 Å². The number of nitrogens with zero attached hydrogens (tertiary/aromatic N) is 3. The molecular formula is C50H33N3. The Labute approximate surface area is 308 Å². The van der Waals surface area contributed by atoms with Gasteiger partial charge in [-0.15, -0.1) is 0 Å². The van der Waals surface area contributed by atoms with Crippen LogP contribution in [0.5, 0.6) is 0 Å². The van der Waals surface area contributed by atoms with Crippen LogP contribution in [-0.4, -0.2) is 9.97 Å². The maximum absolute atomic E-state index is 5.41. The molecule has 1 aromatic heterocycles. The summed E-state index contributed by atoms with van der Waals surface area (Å²) in [6.07, 6.45) is 0. The highest BCUT2D eigenvalue weighted by Crippen LogP contribution is 2.41. The zero-order valence-corrected chi connectivity index (χ0v) is 28.9. The molecule has 0 N–H and O–H groups in total. The molecule has 9 aromatic carbocycles. The van der Waals surface area contributed by atoms with Gasteiger partial charge < -0.3 is 4.90 Å². The Morgan fingerprint density at radius 1 is 0.340 bits per heavy atom. The summed E-state index contributed by atoms with van der Waals surface area (Å²) in [5.74, 6) is 0. The van der Waals surface area contributed by atoms with Crippen LogP contribution < -0.4 is 4.90 Å². The third-order valence-electron chi connectivity index (χ3n) is 10.2. The summed E-state index contributed by atoms with van der Waals surface area (Å²) in [6, 6.07) is 70.9. The van der Waals surface area contributed by atoms with Crippen molar-refractivity contribution in [3.8, 4) is 33.6 Å². The minimum Gasteiger partial charge on any atom is -0.310 e. The first-order chi connectivity index (χ1) is 26.3. The Hall–Kier alpha value is -7.10. The molecule has 0 aliphatic rings. The average Bonchev–Trinajstić information content (AvgIpc) is 3.24. The van der Waals surface area contributed by atoms with E-state index in [0.717, 1.165) is 61.4 Å². The molecule has 0 radical (unpaired) electrons. The highest BCUT2D eigenvalue weighted by Gasteiger charge is 2.18. The lowest BCUT2D eigenvalue weighted by Gasteiger charge is -2.27. The van der Waals surface area contributed by atoms with Crippen molar-refractivity contribution in [3.63, 3.8) is 0 Å². The first-order valence-corrected chi connectivity index (χ1v) is 18.0. The maximum atomic E-state index is 5.41. The SMILES string of the molecule is c1ccc(-c2nc3ccc4ccc5cc(-c6ccc(N(c7ccccc7)c7cccc8ccccc78)cc6)ccc5c4c3nc2-c2ccccc2)cc1. The summed E-state index contributed by atoms with van der Waals surface area (Å²) in [5.41, 5.74) is 11.4. The fourth-order valence-electron chi connectivity index (χ4n) is 7.65. The van der Waals surface area contributed by atoms with Crippen molar-refractivity contribution in [2.75, 3.05) is 4.90 Å². The highest BCUT2D eigenvalue weighted by atomic mass is 15.1. The Balaban J connectivity index is 1.08. The zero-order valence-electron chi connectivity index (χ0n) is 28.9. The molecule has 0 unspecified atom stereocenters. The van der Waals surface area contributed by atoms with Crippen LogP contribution in [0.2, 0.25) is 0 Å². The lowest BCUT2D eigenvalue weighted by molar-refractivity contribution is 1.30.